The fourth-order valence-corrected chi connectivity index (χ4v) is 3.41. The molecule has 2 aromatic rings. The summed E-state index contributed by atoms with van der Waals surface area (Å²) in [5, 5.41) is 1.45. The minimum atomic E-state index is 1.02. The maximum absolute atomic E-state index is 4.17. The second-order valence-corrected chi connectivity index (χ2v) is 7.63. The molecule has 3 heteroatoms. The molecule has 0 saturated heterocycles. The molecule has 0 radical (unpaired) electrons. The third kappa shape index (κ3) is 7.66. The number of hydrogen-bond acceptors (Lipinski definition) is 2. The van der Waals surface area contributed by atoms with Gasteiger partial charge in [0, 0.05) is 55.1 Å². The third-order valence-electron chi connectivity index (χ3n) is 5.06. The molecule has 3 nitrogen and oxygen atoms in total. The highest BCUT2D eigenvalue weighted by molar-refractivity contribution is 5.86. The van der Waals surface area contributed by atoms with E-state index in [0.29, 0.717) is 0 Å². The maximum Gasteiger partial charge on any atom is 0.0483 e. The third-order valence-corrected chi connectivity index (χ3v) is 5.06. The van der Waals surface area contributed by atoms with Crippen LogP contribution in [0.5, 0.6) is 0 Å². The van der Waals surface area contributed by atoms with Crippen molar-refractivity contribution in [1.82, 2.24) is 9.47 Å². The zero-order valence-corrected chi connectivity index (χ0v) is 19.9. The van der Waals surface area contributed by atoms with Crippen molar-refractivity contribution in [3.8, 4) is 0 Å². The molecule has 0 bridgehead atoms. The maximum atomic E-state index is 4.17. The summed E-state index contributed by atoms with van der Waals surface area (Å²) in [5.74, 6) is 0. The molecule has 0 N–H and O–H groups in total. The standard InChI is InChI=1S/C14H18N2.C8H15N.C4H8/c1-10-4-5-13-11(8-10)12-9-15(2)7-6-14(12)16(13)3;1-4-6-8(3)9-7-5-2;1-3-4-2/h4-5,8H,6-7,9H2,1-3H3;6-7H,4-5H2,1-3H3;3-4H,1-2H3/b;8-6-,9-7?;4-3-. The quantitative estimate of drug-likeness (QED) is 0.411. The fraction of sp³-hybridized carbons (Fsp3) is 0.500. The molecule has 0 unspecified atom stereocenters. The monoisotopic (exact) mass is 395 g/mol. The van der Waals surface area contributed by atoms with Gasteiger partial charge in [-0.3, -0.25) is 4.99 Å². The van der Waals surface area contributed by atoms with E-state index in [2.05, 4.69) is 73.6 Å². The molecule has 160 valence electrons. The number of nitrogens with zero attached hydrogens (tertiary/aromatic N) is 3. The summed E-state index contributed by atoms with van der Waals surface area (Å²) in [5.41, 5.74) is 6.92. The first kappa shape index (κ1) is 24.9. The smallest absolute Gasteiger partial charge is 0.0483 e. The summed E-state index contributed by atoms with van der Waals surface area (Å²) in [6, 6.07) is 6.79. The molecule has 0 aliphatic carbocycles. The molecule has 1 aromatic carbocycles. The van der Waals surface area contributed by atoms with E-state index in [1.807, 2.05) is 39.1 Å². The number of likely N-dealkylation sites (N-methyl/N-ethyl adjacent to an activating group) is 1. The highest BCUT2D eigenvalue weighted by Gasteiger charge is 2.20. The Hall–Kier alpha value is -2.13. The molecule has 1 aliphatic heterocycles. The molecular weight excluding hydrogens is 354 g/mol. The lowest BCUT2D eigenvalue weighted by molar-refractivity contribution is 0.310. The first-order valence-electron chi connectivity index (χ1n) is 10.9. The number of aliphatic imine (C=N–C) groups is 1. The van der Waals surface area contributed by atoms with Crippen molar-refractivity contribution in [2.75, 3.05) is 13.6 Å². The molecule has 29 heavy (non-hydrogen) atoms. The Morgan fingerprint density at radius 1 is 1.10 bits per heavy atom. The number of aromatic nitrogens is 1. The van der Waals surface area contributed by atoms with Crippen LogP contribution in [0.3, 0.4) is 0 Å². The van der Waals surface area contributed by atoms with Crippen LogP contribution in [-0.2, 0) is 20.0 Å². The van der Waals surface area contributed by atoms with Crippen LogP contribution in [0.2, 0.25) is 0 Å². The minimum Gasteiger partial charge on any atom is -0.347 e. The second-order valence-electron chi connectivity index (χ2n) is 7.63. The number of rotatable bonds is 3. The zero-order valence-electron chi connectivity index (χ0n) is 19.9. The Kier molecular flexibility index (Phi) is 11.3. The van der Waals surface area contributed by atoms with E-state index >= 15 is 0 Å². The van der Waals surface area contributed by atoms with Crippen LogP contribution in [0.25, 0.3) is 10.9 Å². The predicted octanol–water partition coefficient (Wildman–Crippen LogP) is 6.84. The Balaban J connectivity index is 0.000000276. The largest absolute Gasteiger partial charge is 0.347 e. The summed E-state index contributed by atoms with van der Waals surface area (Å²) < 4.78 is 2.37. The van der Waals surface area contributed by atoms with Crippen LogP contribution in [-0.4, -0.2) is 29.3 Å². The van der Waals surface area contributed by atoms with Crippen molar-refractivity contribution in [3.63, 3.8) is 0 Å². The van der Waals surface area contributed by atoms with Gasteiger partial charge in [-0.1, -0.05) is 43.7 Å². The molecule has 3 rings (SSSR count). The van der Waals surface area contributed by atoms with Gasteiger partial charge >= 0.3 is 0 Å². The molecular formula is C26H41N3. The molecule has 2 heterocycles. The first-order chi connectivity index (χ1) is 13.9. The van der Waals surface area contributed by atoms with Gasteiger partial charge in [-0.2, -0.15) is 0 Å². The van der Waals surface area contributed by atoms with Crippen LogP contribution in [0.15, 0.2) is 47.1 Å². The van der Waals surface area contributed by atoms with Crippen molar-refractivity contribution in [2.45, 2.75) is 67.3 Å². The van der Waals surface area contributed by atoms with E-state index in [0.717, 1.165) is 25.1 Å². The molecule has 0 saturated carbocycles. The van der Waals surface area contributed by atoms with Crippen molar-refractivity contribution in [2.24, 2.45) is 12.0 Å². The van der Waals surface area contributed by atoms with E-state index in [4.69, 9.17) is 0 Å². The van der Waals surface area contributed by atoms with Gasteiger partial charge < -0.3 is 9.47 Å². The summed E-state index contributed by atoms with van der Waals surface area (Å²) in [6.45, 7) is 14.7. The number of allylic oxidation sites excluding steroid dienone is 4. The van der Waals surface area contributed by atoms with Crippen LogP contribution in [0, 0.1) is 6.92 Å². The average Bonchev–Trinajstić information content (AvgIpc) is 2.98. The SMILES string of the molecule is C/C=C\C.CCC=N/C(C)=C\CC.Cc1ccc2c(c1)c1c(n2C)CCN(C)C1. The van der Waals surface area contributed by atoms with Gasteiger partial charge in [0.05, 0.1) is 0 Å². The van der Waals surface area contributed by atoms with Gasteiger partial charge in [0.25, 0.3) is 0 Å². The van der Waals surface area contributed by atoms with Gasteiger partial charge in [-0.05, 0) is 65.3 Å². The summed E-state index contributed by atoms with van der Waals surface area (Å²) in [4.78, 5) is 6.58. The normalized spacial score (nSPS) is 14.6. The number of benzene rings is 1. The Morgan fingerprint density at radius 2 is 1.79 bits per heavy atom. The van der Waals surface area contributed by atoms with Crippen molar-refractivity contribution in [1.29, 1.82) is 0 Å². The van der Waals surface area contributed by atoms with Crippen LogP contribution in [0.4, 0.5) is 0 Å². The highest BCUT2D eigenvalue weighted by Crippen LogP contribution is 2.30. The Morgan fingerprint density at radius 3 is 2.38 bits per heavy atom. The number of hydrogen-bond donors (Lipinski definition) is 0. The zero-order chi connectivity index (χ0) is 21.8. The number of fused-ring (bicyclic) bond motifs is 3. The molecule has 0 spiro atoms. The summed E-state index contributed by atoms with van der Waals surface area (Å²) in [7, 11) is 4.40. The average molecular weight is 396 g/mol. The van der Waals surface area contributed by atoms with Gasteiger partial charge in [0.2, 0.25) is 0 Å². The second kappa shape index (κ2) is 13.2. The summed E-state index contributed by atoms with van der Waals surface area (Å²) in [6.07, 6.45) is 11.3. The topological polar surface area (TPSA) is 20.5 Å². The van der Waals surface area contributed by atoms with Crippen molar-refractivity contribution >= 4 is 17.1 Å². The van der Waals surface area contributed by atoms with Gasteiger partial charge in [0.15, 0.2) is 0 Å². The Labute approximate surface area is 178 Å². The molecule has 1 aliphatic rings. The fourth-order valence-electron chi connectivity index (χ4n) is 3.41. The van der Waals surface area contributed by atoms with E-state index in [1.165, 1.54) is 40.7 Å². The highest BCUT2D eigenvalue weighted by atomic mass is 15.1. The lowest BCUT2D eigenvalue weighted by Gasteiger charge is -2.23. The van der Waals surface area contributed by atoms with E-state index in [1.54, 1.807) is 0 Å². The Bertz CT molecular complexity index is 833. The summed E-state index contributed by atoms with van der Waals surface area (Å²) >= 11 is 0. The van der Waals surface area contributed by atoms with E-state index in [-0.39, 0.29) is 0 Å². The first-order valence-corrected chi connectivity index (χ1v) is 10.9. The molecule has 0 amide bonds. The number of aryl methyl sites for hydroxylation is 2. The van der Waals surface area contributed by atoms with Crippen LogP contribution in [0.1, 0.15) is 64.3 Å². The lowest BCUT2D eigenvalue weighted by atomic mass is 10.0. The van der Waals surface area contributed by atoms with Crippen molar-refractivity contribution < 1.29 is 0 Å². The molecule has 0 atom stereocenters. The van der Waals surface area contributed by atoms with Gasteiger partial charge in [-0.25, -0.2) is 0 Å². The van der Waals surface area contributed by atoms with Gasteiger partial charge in [0.1, 0.15) is 0 Å². The van der Waals surface area contributed by atoms with Crippen LogP contribution >= 0.6 is 0 Å². The van der Waals surface area contributed by atoms with E-state index in [9.17, 15) is 0 Å². The van der Waals surface area contributed by atoms with Crippen molar-refractivity contribution in [3.05, 3.63) is 58.9 Å². The van der Waals surface area contributed by atoms with Crippen LogP contribution < -0.4 is 0 Å². The lowest BCUT2D eigenvalue weighted by Crippen LogP contribution is -2.26. The van der Waals surface area contributed by atoms with E-state index < -0.39 is 0 Å². The minimum absolute atomic E-state index is 1.02. The molecule has 0 fully saturated rings. The van der Waals surface area contributed by atoms with Gasteiger partial charge in [-0.15, -0.1) is 0 Å². The predicted molar refractivity (Wildman–Crippen MR) is 131 cm³/mol. The molecule has 1 aromatic heterocycles.